The second-order valence-electron chi connectivity index (χ2n) is 4.30. The number of nitrogens with zero attached hydrogens (tertiary/aromatic N) is 1. The molecule has 1 heterocycles. The summed E-state index contributed by atoms with van der Waals surface area (Å²) in [5.41, 5.74) is 1.71. The van der Waals surface area contributed by atoms with Gasteiger partial charge >= 0.3 is 0 Å². The fourth-order valence-electron chi connectivity index (χ4n) is 1.60. The van der Waals surface area contributed by atoms with Crippen LogP contribution in [-0.2, 0) is 16.8 Å². The molecule has 0 aliphatic rings. The third kappa shape index (κ3) is 3.28. The van der Waals surface area contributed by atoms with Crippen molar-refractivity contribution < 1.29 is 8.42 Å². The average molecular weight is 268 g/mol. The van der Waals surface area contributed by atoms with Crippen LogP contribution < -0.4 is 9.44 Å². The molecule has 0 saturated carbocycles. The van der Waals surface area contributed by atoms with E-state index in [0.717, 1.165) is 11.0 Å². The minimum Gasteiger partial charge on any atom is -0.341 e. The smallest absolute Gasteiger partial charge is 0.277 e. The summed E-state index contributed by atoms with van der Waals surface area (Å²) in [6, 6.07) is 7.41. The molecule has 3 N–H and O–H groups in total. The van der Waals surface area contributed by atoms with Gasteiger partial charge < -0.3 is 4.98 Å². The van der Waals surface area contributed by atoms with Crippen molar-refractivity contribution >= 4 is 21.2 Å². The normalized spacial score (nSPS) is 12.4. The highest BCUT2D eigenvalue weighted by molar-refractivity contribution is 7.87. The van der Waals surface area contributed by atoms with Gasteiger partial charge in [0.25, 0.3) is 10.2 Å². The van der Waals surface area contributed by atoms with Crippen LogP contribution >= 0.6 is 0 Å². The maximum absolute atomic E-state index is 11.6. The fourth-order valence-corrected chi connectivity index (χ4v) is 2.64. The maximum Gasteiger partial charge on any atom is 0.277 e. The third-order valence-electron chi connectivity index (χ3n) is 2.26. The molecule has 0 radical (unpaired) electrons. The van der Waals surface area contributed by atoms with E-state index in [1.807, 2.05) is 24.3 Å². The van der Waals surface area contributed by atoms with E-state index in [1.54, 1.807) is 13.8 Å². The monoisotopic (exact) mass is 268 g/mol. The largest absolute Gasteiger partial charge is 0.341 e. The van der Waals surface area contributed by atoms with Crippen LogP contribution in [0.25, 0.3) is 11.0 Å². The molecule has 18 heavy (non-hydrogen) atoms. The van der Waals surface area contributed by atoms with Crippen molar-refractivity contribution in [1.82, 2.24) is 19.4 Å². The van der Waals surface area contributed by atoms with E-state index in [2.05, 4.69) is 19.4 Å². The molecule has 1 aromatic carbocycles. The van der Waals surface area contributed by atoms with Gasteiger partial charge in [-0.1, -0.05) is 12.1 Å². The first-order valence-electron chi connectivity index (χ1n) is 5.67. The average Bonchev–Trinajstić information content (AvgIpc) is 2.67. The van der Waals surface area contributed by atoms with Crippen LogP contribution in [0.1, 0.15) is 19.7 Å². The van der Waals surface area contributed by atoms with Gasteiger partial charge in [0.2, 0.25) is 0 Å². The summed E-state index contributed by atoms with van der Waals surface area (Å²) in [6.07, 6.45) is 0. The topological polar surface area (TPSA) is 86.9 Å². The predicted molar refractivity (Wildman–Crippen MR) is 70.1 cm³/mol. The molecule has 2 rings (SSSR count). The molecule has 1 aromatic heterocycles. The van der Waals surface area contributed by atoms with Crippen molar-refractivity contribution in [2.24, 2.45) is 0 Å². The number of hydrogen-bond donors (Lipinski definition) is 3. The third-order valence-corrected chi connectivity index (χ3v) is 3.56. The van der Waals surface area contributed by atoms with Gasteiger partial charge in [0.1, 0.15) is 5.82 Å². The number of fused-ring (bicyclic) bond motifs is 1. The molecular weight excluding hydrogens is 252 g/mol. The molecule has 0 spiro atoms. The summed E-state index contributed by atoms with van der Waals surface area (Å²) in [6.45, 7) is 3.66. The van der Waals surface area contributed by atoms with Crippen molar-refractivity contribution in [3.05, 3.63) is 30.1 Å². The van der Waals surface area contributed by atoms with Crippen molar-refractivity contribution in [2.45, 2.75) is 26.4 Å². The molecule has 0 aliphatic heterocycles. The number of rotatable bonds is 5. The van der Waals surface area contributed by atoms with Crippen LogP contribution in [0.3, 0.4) is 0 Å². The SMILES string of the molecule is CC(C)NS(=O)(=O)NCc1nc2ccccc2[nH]1. The van der Waals surface area contributed by atoms with Gasteiger partial charge in [0.05, 0.1) is 17.6 Å². The number of aromatic nitrogens is 2. The summed E-state index contributed by atoms with van der Waals surface area (Å²) in [5.74, 6) is 0.588. The van der Waals surface area contributed by atoms with E-state index in [1.165, 1.54) is 0 Å². The summed E-state index contributed by atoms with van der Waals surface area (Å²) in [5, 5.41) is 0. The number of H-pyrrole nitrogens is 1. The van der Waals surface area contributed by atoms with Gasteiger partial charge in [0, 0.05) is 6.04 Å². The number of para-hydroxylation sites is 2. The molecule has 2 aromatic rings. The quantitative estimate of drug-likeness (QED) is 0.753. The number of imidazole rings is 1. The molecule has 0 aliphatic carbocycles. The molecule has 0 unspecified atom stereocenters. The van der Waals surface area contributed by atoms with Gasteiger partial charge in [-0.2, -0.15) is 17.9 Å². The van der Waals surface area contributed by atoms with E-state index < -0.39 is 10.2 Å². The minimum atomic E-state index is -3.48. The highest BCUT2D eigenvalue weighted by Crippen LogP contribution is 2.09. The van der Waals surface area contributed by atoms with Crippen LogP contribution in [0.4, 0.5) is 0 Å². The van der Waals surface area contributed by atoms with Crippen LogP contribution in [0.5, 0.6) is 0 Å². The van der Waals surface area contributed by atoms with E-state index >= 15 is 0 Å². The molecule has 0 fully saturated rings. The first-order valence-corrected chi connectivity index (χ1v) is 7.15. The van der Waals surface area contributed by atoms with E-state index in [9.17, 15) is 8.42 Å². The van der Waals surface area contributed by atoms with Gasteiger partial charge in [0.15, 0.2) is 0 Å². The summed E-state index contributed by atoms with van der Waals surface area (Å²) in [7, 11) is -3.48. The Morgan fingerprint density at radius 3 is 2.72 bits per heavy atom. The van der Waals surface area contributed by atoms with Crippen molar-refractivity contribution in [3.8, 4) is 0 Å². The Balaban J connectivity index is 2.06. The van der Waals surface area contributed by atoms with Crippen LogP contribution in [0, 0.1) is 0 Å². The van der Waals surface area contributed by atoms with Gasteiger partial charge in [-0.3, -0.25) is 0 Å². The second-order valence-corrected chi connectivity index (χ2v) is 5.83. The number of benzene rings is 1. The van der Waals surface area contributed by atoms with Crippen LogP contribution in [0.15, 0.2) is 24.3 Å². The highest BCUT2D eigenvalue weighted by Gasteiger charge is 2.11. The summed E-state index contributed by atoms with van der Waals surface area (Å²) in [4.78, 5) is 7.34. The Hall–Kier alpha value is -1.44. The van der Waals surface area contributed by atoms with E-state index in [0.29, 0.717) is 5.82 Å². The lowest BCUT2D eigenvalue weighted by atomic mass is 10.3. The number of aromatic amines is 1. The fraction of sp³-hybridized carbons (Fsp3) is 0.364. The van der Waals surface area contributed by atoms with Crippen LogP contribution in [0.2, 0.25) is 0 Å². The zero-order valence-corrected chi connectivity index (χ0v) is 11.1. The van der Waals surface area contributed by atoms with Gasteiger partial charge in [-0.05, 0) is 26.0 Å². The Bertz CT molecular complexity index is 600. The van der Waals surface area contributed by atoms with Gasteiger partial charge in [-0.15, -0.1) is 0 Å². The van der Waals surface area contributed by atoms with Crippen LogP contribution in [-0.4, -0.2) is 24.4 Å². The molecule has 0 saturated heterocycles. The lowest BCUT2D eigenvalue weighted by Crippen LogP contribution is -2.40. The van der Waals surface area contributed by atoms with Gasteiger partial charge in [-0.25, -0.2) is 4.98 Å². The Morgan fingerprint density at radius 2 is 2.06 bits per heavy atom. The first kappa shape index (κ1) is 13.0. The molecule has 98 valence electrons. The number of nitrogens with one attached hydrogen (secondary N) is 3. The van der Waals surface area contributed by atoms with E-state index in [-0.39, 0.29) is 12.6 Å². The molecule has 0 amide bonds. The molecule has 7 heteroatoms. The first-order chi connectivity index (χ1) is 8.46. The standard InChI is InChI=1S/C11H16N4O2S/c1-8(2)15-18(16,17)12-7-11-13-9-5-3-4-6-10(9)14-11/h3-6,8,12,15H,7H2,1-2H3,(H,13,14). The van der Waals surface area contributed by atoms with Crippen molar-refractivity contribution in [1.29, 1.82) is 0 Å². The lowest BCUT2D eigenvalue weighted by Gasteiger charge is -2.09. The maximum atomic E-state index is 11.6. The molecular formula is C11H16N4O2S. The summed E-state index contributed by atoms with van der Waals surface area (Å²) >= 11 is 0. The second kappa shape index (κ2) is 5.05. The van der Waals surface area contributed by atoms with Crippen molar-refractivity contribution in [3.63, 3.8) is 0 Å². The number of hydrogen-bond acceptors (Lipinski definition) is 3. The molecule has 0 atom stereocenters. The predicted octanol–water partition coefficient (Wildman–Crippen LogP) is 0.895. The Labute approximate surface area is 106 Å². The molecule has 6 nitrogen and oxygen atoms in total. The molecule has 0 bridgehead atoms. The summed E-state index contributed by atoms with van der Waals surface area (Å²) < 4.78 is 28.0. The minimum absolute atomic E-state index is 0.136. The Kier molecular flexibility index (Phi) is 3.65. The Morgan fingerprint density at radius 1 is 1.33 bits per heavy atom. The van der Waals surface area contributed by atoms with Crippen molar-refractivity contribution in [2.75, 3.05) is 0 Å². The zero-order chi connectivity index (χ0) is 13.2. The van der Waals surface area contributed by atoms with E-state index in [4.69, 9.17) is 0 Å². The zero-order valence-electron chi connectivity index (χ0n) is 10.3. The highest BCUT2D eigenvalue weighted by atomic mass is 32.2. The lowest BCUT2D eigenvalue weighted by molar-refractivity contribution is 0.553.